The van der Waals surface area contributed by atoms with Crippen molar-refractivity contribution < 1.29 is 9.53 Å². The summed E-state index contributed by atoms with van der Waals surface area (Å²) in [6.45, 7) is 1.53. The average Bonchev–Trinajstić information content (AvgIpc) is 2.28. The number of anilines is 2. The van der Waals surface area contributed by atoms with Crippen molar-refractivity contribution >= 4 is 27.9 Å². The molecule has 0 unspecified atom stereocenters. The summed E-state index contributed by atoms with van der Waals surface area (Å²) in [6.07, 6.45) is 0. The number of hydrogen-bond donors (Lipinski definition) is 2. The molecule has 4 nitrogen and oxygen atoms in total. The number of nitrogen functional groups attached to an aromatic ring is 2. The number of rotatable bonds is 2. The highest BCUT2D eigenvalue weighted by Crippen LogP contribution is 2.36. The summed E-state index contributed by atoms with van der Waals surface area (Å²) in [7, 11) is 1.53. The number of methoxy groups -OCH3 is 1. The number of nitrogens with two attached hydrogens (primary N) is 2. The van der Waals surface area contributed by atoms with Crippen LogP contribution in [0.25, 0.3) is 10.8 Å². The summed E-state index contributed by atoms with van der Waals surface area (Å²) in [6, 6.07) is 7.10. The molecule has 0 radical (unpaired) electrons. The first-order chi connectivity index (χ1) is 8.04. The smallest absolute Gasteiger partial charge is 0.165 e. The van der Waals surface area contributed by atoms with E-state index in [1.54, 1.807) is 18.2 Å². The van der Waals surface area contributed by atoms with E-state index in [-0.39, 0.29) is 5.78 Å². The summed E-state index contributed by atoms with van der Waals surface area (Å²) in [5, 5.41) is 1.68. The van der Waals surface area contributed by atoms with E-state index in [0.29, 0.717) is 22.7 Å². The molecule has 0 aliphatic heterocycles. The minimum atomic E-state index is 0.0138. The summed E-state index contributed by atoms with van der Waals surface area (Å²) in [5.41, 5.74) is 13.4. The van der Waals surface area contributed by atoms with E-state index in [0.717, 1.165) is 10.8 Å². The molecule has 0 aliphatic carbocycles. The Kier molecular flexibility index (Phi) is 2.63. The third kappa shape index (κ3) is 1.78. The van der Waals surface area contributed by atoms with Crippen molar-refractivity contribution in [3.8, 4) is 5.75 Å². The van der Waals surface area contributed by atoms with Gasteiger partial charge >= 0.3 is 0 Å². The lowest BCUT2D eigenvalue weighted by atomic mass is 10.0. The zero-order valence-corrected chi connectivity index (χ0v) is 9.78. The molecule has 0 amide bonds. The van der Waals surface area contributed by atoms with Crippen LogP contribution in [-0.4, -0.2) is 12.9 Å². The third-order valence-electron chi connectivity index (χ3n) is 2.77. The quantitative estimate of drug-likeness (QED) is 0.612. The van der Waals surface area contributed by atoms with Gasteiger partial charge < -0.3 is 16.2 Å². The molecule has 2 aromatic carbocycles. The molecule has 0 fully saturated rings. The normalized spacial score (nSPS) is 10.5. The molecule has 0 bridgehead atoms. The first-order valence-electron chi connectivity index (χ1n) is 5.21. The standard InChI is InChI=1S/C13H14N2O2/c1-7(16)8-3-4-10-9(5-8)6-11(14)13(17-2)12(10)15/h3-6H,14-15H2,1-2H3. The predicted molar refractivity (Wildman–Crippen MR) is 69.3 cm³/mol. The lowest BCUT2D eigenvalue weighted by Crippen LogP contribution is -1.99. The van der Waals surface area contributed by atoms with E-state index >= 15 is 0 Å². The van der Waals surface area contributed by atoms with Crippen LogP contribution < -0.4 is 16.2 Å². The van der Waals surface area contributed by atoms with Gasteiger partial charge in [0.2, 0.25) is 0 Å². The lowest BCUT2D eigenvalue weighted by Gasteiger charge is -2.11. The maximum atomic E-state index is 11.3. The SMILES string of the molecule is COc1c(N)cc2cc(C(C)=O)ccc2c1N. The molecule has 0 heterocycles. The van der Waals surface area contributed by atoms with Gasteiger partial charge in [-0.1, -0.05) is 12.1 Å². The van der Waals surface area contributed by atoms with Crippen molar-refractivity contribution in [2.24, 2.45) is 0 Å². The lowest BCUT2D eigenvalue weighted by molar-refractivity contribution is 0.101. The Morgan fingerprint density at radius 2 is 1.94 bits per heavy atom. The van der Waals surface area contributed by atoms with Gasteiger partial charge in [0, 0.05) is 10.9 Å². The molecule has 0 aromatic heterocycles. The van der Waals surface area contributed by atoms with Gasteiger partial charge in [0.05, 0.1) is 18.5 Å². The van der Waals surface area contributed by atoms with Crippen molar-refractivity contribution in [2.45, 2.75) is 6.92 Å². The first-order valence-corrected chi connectivity index (χ1v) is 5.21. The zero-order chi connectivity index (χ0) is 12.6. The fourth-order valence-electron chi connectivity index (χ4n) is 1.89. The van der Waals surface area contributed by atoms with Crippen LogP contribution in [0.2, 0.25) is 0 Å². The average molecular weight is 230 g/mol. The van der Waals surface area contributed by atoms with Crippen molar-refractivity contribution in [1.82, 2.24) is 0 Å². The highest BCUT2D eigenvalue weighted by Gasteiger charge is 2.10. The number of ketones is 1. The number of carbonyl (C=O) groups excluding carboxylic acids is 1. The van der Waals surface area contributed by atoms with Gasteiger partial charge in [0.25, 0.3) is 0 Å². The summed E-state index contributed by atoms with van der Waals surface area (Å²) < 4.78 is 5.14. The molecular formula is C13H14N2O2. The van der Waals surface area contributed by atoms with Crippen molar-refractivity contribution in [3.63, 3.8) is 0 Å². The topological polar surface area (TPSA) is 78.3 Å². The number of carbonyl (C=O) groups is 1. The van der Waals surface area contributed by atoms with Crippen LogP contribution in [0.1, 0.15) is 17.3 Å². The molecule has 0 spiro atoms. The highest BCUT2D eigenvalue weighted by molar-refractivity contribution is 6.04. The molecule has 4 N–H and O–H groups in total. The van der Waals surface area contributed by atoms with Gasteiger partial charge in [-0.3, -0.25) is 4.79 Å². The molecular weight excluding hydrogens is 216 g/mol. The summed E-state index contributed by atoms with van der Waals surface area (Å²) in [4.78, 5) is 11.3. The van der Waals surface area contributed by atoms with Crippen LogP contribution in [0.15, 0.2) is 24.3 Å². The number of hydrogen-bond acceptors (Lipinski definition) is 4. The van der Waals surface area contributed by atoms with Gasteiger partial charge in [-0.05, 0) is 24.4 Å². The second kappa shape index (κ2) is 3.97. The molecule has 0 aliphatic rings. The molecule has 88 valence electrons. The zero-order valence-electron chi connectivity index (χ0n) is 9.78. The molecule has 0 saturated carbocycles. The Bertz CT molecular complexity index is 606. The van der Waals surface area contributed by atoms with Crippen molar-refractivity contribution in [2.75, 3.05) is 18.6 Å². The Balaban J connectivity index is 2.77. The van der Waals surface area contributed by atoms with E-state index in [2.05, 4.69) is 0 Å². The number of Topliss-reactive ketones (excluding diaryl/α,β-unsaturated/α-hetero) is 1. The third-order valence-corrected chi connectivity index (χ3v) is 2.77. The van der Waals surface area contributed by atoms with Crippen molar-refractivity contribution in [3.05, 3.63) is 29.8 Å². The van der Waals surface area contributed by atoms with E-state index in [9.17, 15) is 4.79 Å². The van der Waals surface area contributed by atoms with E-state index in [1.807, 2.05) is 6.07 Å². The van der Waals surface area contributed by atoms with Gasteiger partial charge in [-0.25, -0.2) is 0 Å². The van der Waals surface area contributed by atoms with Crippen LogP contribution >= 0.6 is 0 Å². The largest absolute Gasteiger partial charge is 0.492 e. The molecule has 2 rings (SSSR count). The Labute approximate surface area is 99.2 Å². The second-order valence-electron chi connectivity index (χ2n) is 3.90. The Morgan fingerprint density at radius 3 is 2.53 bits per heavy atom. The number of fused-ring (bicyclic) bond motifs is 1. The van der Waals surface area contributed by atoms with Crippen LogP contribution in [0.5, 0.6) is 5.75 Å². The minimum Gasteiger partial charge on any atom is -0.492 e. The van der Waals surface area contributed by atoms with Crippen LogP contribution in [0.4, 0.5) is 11.4 Å². The van der Waals surface area contributed by atoms with E-state index in [1.165, 1.54) is 14.0 Å². The van der Waals surface area contributed by atoms with Gasteiger partial charge in [-0.2, -0.15) is 0 Å². The van der Waals surface area contributed by atoms with E-state index < -0.39 is 0 Å². The molecule has 2 aromatic rings. The van der Waals surface area contributed by atoms with Gasteiger partial charge in [0.1, 0.15) is 0 Å². The fourth-order valence-corrected chi connectivity index (χ4v) is 1.89. The van der Waals surface area contributed by atoms with Gasteiger partial charge in [-0.15, -0.1) is 0 Å². The fraction of sp³-hybridized carbons (Fsp3) is 0.154. The maximum absolute atomic E-state index is 11.3. The van der Waals surface area contributed by atoms with Crippen LogP contribution in [0.3, 0.4) is 0 Å². The van der Waals surface area contributed by atoms with E-state index in [4.69, 9.17) is 16.2 Å². The van der Waals surface area contributed by atoms with Crippen molar-refractivity contribution in [1.29, 1.82) is 0 Å². The molecule has 4 heteroatoms. The summed E-state index contributed by atoms with van der Waals surface area (Å²) >= 11 is 0. The summed E-state index contributed by atoms with van der Waals surface area (Å²) in [5.74, 6) is 0.493. The Morgan fingerprint density at radius 1 is 1.24 bits per heavy atom. The monoisotopic (exact) mass is 230 g/mol. The Hall–Kier alpha value is -2.23. The van der Waals surface area contributed by atoms with Crippen LogP contribution in [0, 0.1) is 0 Å². The number of benzene rings is 2. The minimum absolute atomic E-state index is 0.0138. The number of ether oxygens (including phenoxy) is 1. The second-order valence-corrected chi connectivity index (χ2v) is 3.90. The highest BCUT2D eigenvalue weighted by atomic mass is 16.5. The van der Waals surface area contributed by atoms with Gasteiger partial charge in [0.15, 0.2) is 11.5 Å². The van der Waals surface area contributed by atoms with Crippen LogP contribution in [-0.2, 0) is 0 Å². The first kappa shape index (κ1) is 11.3. The predicted octanol–water partition coefficient (Wildman–Crippen LogP) is 2.22. The molecule has 0 atom stereocenters. The maximum Gasteiger partial charge on any atom is 0.165 e. The molecule has 17 heavy (non-hydrogen) atoms. The molecule has 0 saturated heterocycles.